The zero-order valence-corrected chi connectivity index (χ0v) is 24.8. The second kappa shape index (κ2) is 14.6. The number of anilines is 3. The summed E-state index contributed by atoms with van der Waals surface area (Å²) in [6.45, 7) is 12.7. The van der Waals surface area contributed by atoms with E-state index in [9.17, 15) is 9.59 Å². The van der Waals surface area contributed by atoms with Gasteiger partial charge in [0.05, 0.1) is 18.4 Å². The number of aryl methyl sites for hydroxylation is 1. The average Bonchev–Trinajstić information content (AvgIpc) is 3.03. The number of ether oxygens (including phenoxy) is 1. The van der Waals surface area contributed by atoms with Crippen molar-refractivity contribution in [3.63, 3.8) is 0 Å². The molecular formula is C33H43N5O3. The van der Waals surface area contributed by atoms with Crippen molar-refractivity contribution in [1.29, 1.82) is 0 Å². The summed E-state index contributed by atoms with van der Waals surface area (Å²) in [4.78, 5) is 33.3. The monoisotopic (exact) mass is 557 g/mol. The molecule has 1 aliphatic heterocycles. The first-order valence-electron chi connectivity index (χ1n) is 14.6. The number of carbonyl (C=O) groups is 2. The van der Waals surface area contributed by atoms with E-state index in [1.54, 1.807) is 13.2 Å². The van der Waals surface area contributed by atoms with Gasteiger partial charge in [-0.05, 0) is 67.5 Å². The van der Waals surface area contributed by atoms with E-state index in [1.807, 2.05) is 54.6 Å². The molecule has 4 rings (SSSR count). The fraction of sp³-hybridized carbons (Fsp3) is 0.394. The summed E-state index contributed by atoms with van der Waals surface area (Å²) >= 11 is 0. The van der Waals surface area contributed by atoms with Crippen LogP contribution >= 0.6 is 0 Å². The van der Waals surface area contributed by atoms with E-state index in [0.29, 0.717) is 23.4 Å². The number of likely N-dealkylation sites (N-methyl/N-ethyl adjacent to an activating group) is 1. The van der Waals surface area contributed by atoms with Gasteiger partial charge in [0.25, 0.3) is 11.8 Å². The maximum atomic E-state index is 13.5. The second-order valence-corrected chi connectivity index (χ2v) is 10.2. The molecule has 8 heteroatoms. The van der Waals surface area contributed by atoms with Crippen molar-refractivity contribution < 1.29 is 14.3 Å². The molecular weight excluding hydrogens is 514 g/mol. The van der Waals surface area contributed by atoms with E-state index in [2.05, 4.69) is 52.2 Å². The van der Waals surface area contributed by atoms with Crippen LogP contribution in [0.4, 0.5) is 17.1 Å². The molecule has 3 aromatic rings. The van der Waals surface area contributed by atoms with E-state index < -0.39 is 0 Å². The highest BCUT2D eigenvalue weighted by Gasteiger charge is 2.24. The SMILES string of the molecule is CCc1ccc(C(=O)Nc2ccc(N3CCN(c4ccccc4OC)CC3)c(C(=O)NCCN(CC)CC)c2)cc1. The van der Waals surface area contributed by atoms with E-state index >= 15 is 0 Å². The molecule has 218 valence electrons. The highest BCUT2D eigenvalue weighted by molar-refractivity contribution is 6.06. The molecule has 0 atom stereocenters. The Labute approximate surface area is 244 Å². The van der Waals surface area contributed by atoms with Crippen LogP contribution in [0.1, 0.15) is 47.1 Å². The lowest BCUT2D eigenvalue weighted by Gasteiger charge is -2.38. The predicted octanol–water partition coefficient (Wildman–Crippen LogP) is 4.91. The molecule has 8 nitrogen and oxygen atoms in total. The number of hydrogen-bond acceptors (Lipinski definition) is 6. The number of nitrogens with zero attached hydrogens (tertiary/aromatic N) is 3. The van der Waals surface area contributed by atoms with Crippen molar-refractivity contribution in [1.82, 2.24) is 10.2 Å². The Balaban J connectivity index is 1.52. The molecule has 0 unspecified atom stereocenters. The molecule has 1 saturated heterocycles. The largest absolute Gasteiger partial charge is 0.495 e. The smallest absolute Gasteiger partial charge is 0.255 e. The van der Waals surface area contributed by atoms with Crippen LogP contribution in [0.15, 0.2) is 66.7 Å². The molecule has 0 spiro atoms. The highest BCUT2D eigenvalue weighted by Crippen LogP contribution is 2.31. The second-order valence-electron chi connectivity index (χ2n) is 10.2. The molecule has 2 N–H and O–H groups in total. The fourth-order valence-electron chi connectivity index (χ4n) is 5.21. The van der Waals surface area contributed by atoms with Crippen LogP contribution in [0.2, 0.25) is 0 Å². The summed E-state index contributed by atoms with van der Waals surface area (Å²) in [6.07, 6.45) is 0.920. The van der Waals surface area contributed by atoms with Gasteiger partial charge in [-0.3, -0.25) is 9.59 Å². The van der Waals surface area contributed by atoms with Crippen LogP contribution in [0, 0.1) is 0 Å². The molecule has 0 radical (unpaired) electrons. The van der Waals surface area contributed by atoms with Crippen molar-refractivity contribution in [2.45, 2.75) is 27.2 Å². The topological polar surface area (TPSA) is 77.1 Å². The van der Waals surface area contributed by atoms with Crippen LogP contribution in [-0.4, -0.2) is 76.2 Å². The zero-order chi connectivity index (χ0) is 29.2. The number of amides is 2. The van der Waals surface area contributed by atoms with Crippen molar-refractivity contribution in [3.05, 3.63) is 83.4 Å². The third-order valence-electron chi connectivity index (χ3n) is 7.78. The molecule has 0 bridgehead atoms. The Hall–Kier alpha value is -4.04. The molecule has 1 fully saturated rings. The van der Waals surface area contributed by atoms with Crippen LogP contribution in [0.5, 0.6) is 5.75 Å². The zero-order valence-electron chi connectivity index (χ0n) is 24.8. The average molecular weight is 558 g/mol. The summed E-state index contributed by atoms with van der Waals surface area (Å²) < 4.78 is 5.57. The number of hydrogen-bond donors (Lipinski definition) is 2. The van der Waals surface area contributed by atoms with Gasteiger partial charge in [-0.1, -0.05) is 45.0 Å². The predicted molar refractivity (Wildman–Crippen MR) is 168 cm³/mol. The lowest BCUT2D eigenvalue weighted by molar-refractivity contribution is 0.0948. The number of rotatable bonds is 12. The molecule has 41 heavy (non-hydrogen) atoms. The number of nitrogens with one attached hydrogen (secondary N) is 2. The molecule has 1 aliphatic rings. The molecule has 0 saturated carbocycles. The van der Waals surface area contributed by atoms with Crippen molar-refractivity contribution in [2.24, 2.45) is 0 Å². The standard InChI is InChI=1S/C33H43N5O3/c1-5-25-12-14-26(15-13-25)32(39)35-27-16-17-29(28(24-27)33(40)34-18-19-36(6-2)7-3)37-20-22-38(23-21-37)30-10-8-9-11-31(30)41-4/h8-17,24H,5-7,18-23H2,1-4H3,(H,34,40)(H,35,39). The van der Waals surface area contributed by atoms with Crippen LogP contribution in [0.3, 0.4) is 0 Å². The molecule has 1 heterocycles. The normalized spacial score (nSPS) is 13.3. The summed E-state index contributed by atoms with van der Waals surface area (Å²) in [6, 6.07) is 21.3. The lowest BCUT2D eigenvalue weighted by Crippen LogP contribution is -2.47. The highest BCUT2D eigenvalue weighted by atomic mass is 16.5. The van der Waals surface area contributed by atoms with Gasteiger partial charge in [-0.15, -0.1) is 0 Å². The van der Waals surface area contributed by atoms with Gasteiger partial charge in [0.1, 0.15) is 5.75 Å². The Morgan fingerprint density at radius 3 is 2.12 bits per heavy atom. The Morgan fingerprint density at radius 2 is 1.49 bits per heavy atom. The fourth-order valence-corrected chi connectivity index (χ4v) is 5.21. The Kier molecular flexibility index (Phi) is 10.6. The molecule has 2 amide bonds. The maximum Gasteiger partial charge on any atom is 0.255 e. The number of para-hydroxylation sites is 2. The molecule has 0 aromatic heterocycles. The van der Waals surface area contributed by atoms with Crippen molar-refractivity contribution in [2.75, 3.05) is 74.6 Å². The quantitative estimate of drug-likeness (QED) is 0.330. The van der Waals surface area contributed by atoms with Crippen molar-refractivity contribution in [3.8, 4) is 5.75 Å². The Bertz CT molecular complexity index is 1300. The van der Waals surface area contributed by atoms with Crippen LogP contribution in [-0.2, 0) is 6.42 Å². The summed E-state index contributed by atoms with van der Waals surface area (Å²) in [5.41, 5.74) is 4.88. The van der Waals surface area contributed by atoms with Crippen molar-refractivity contribution >= 4 is 28.9 Å². The number of carbonyl (C=O) groups excluding carboxylic acids is 2. The van der Waals surface area contributed by atoms with Gasteiger partial charge in [0, 0.05) is 56.2 Å². The third kappa shape index (κ3) is 7.58. The lowest BCUT2D eigenvalue weighted by atomic mass is 10.1. The third-order valence-corrected chi connectivity index (χ3v) is 7.78. The van der Waals surface area contributed by atoms with Gasteiger partial charge >= 0.3 is 0 Å². The minimum Gasteiger partial charge on any atom is -0.495 e. The number of benzene rings is 3. The van der Waals surface area contributed by atoms with E-state index in [0.717, 1.165) is 69.4 Å². The van der Waals surface area contributed by atoms with E-state index in [-0.39, 0.29) is 11.8 Å². The number of methoxy groups -OCH3 is 1. The summed E-state index contributed by atoms with van der Waals surface area (Å²) in [5, 5.41) is 6.09. The molecule has 0 aliphatic carbocycles. The minimum absolute atomic E-state index is 0.136. The first-order chi connectivity index (χ1) is 20.0. The van der Waals surface area contributed by atoms with Crippen LogP contribution < -0.4 is 25.2 Å². The van der Waals surface area contributed by atoms with Gasteiger partial charge in [-0.2, -0.15) is 0 Å². The van der Waals surface area contributed by atoms with E-state index in [1.165, 1.54) is 5.56 Å². The van der Waals surface area contributed by atoms with Gasteiger partial charge in [-0.25, -0.2) is 0 Å². The first kappa shape index (κ1) is 29.9. The van der Waals surface area contributed by atoms with Gasteiger partial charge in [0.15, 0.2) is 0 Å². The molecule has 3 aromatic carbocycles. The van der Waals surface area contributed by atoms with Gasteiger partial charge in [0.2, 0.25) is 0 Å². The van der Waals surface area contributed by atoms with E-state index in [4.69, 9.17) is 4.74 Å². The minimum atomic E-state index is -0.196. The number of piperazine rings is 1. The first-order valence-corrected chi connectivity index (χ1v) is 14.6. The Morgan fingerprint density at radius 1 is 0.829 bits per heavy atom. The van der Waals surface area contributed by atoms with Crippen LogP contribution in [0.25, 0.3) is 0 Å². The maximum absolute atomic E-state index is 13.5. The van der Waals surface area contributed by atoms with Gasteiger partial charge < -0.3 is 30.1 Å². The summed E-state index contributed by atoms with van der Waals surface area (Å²) in [5.74, 6) is 0.528. The summed E-state index contributed by atoms with van der Waals surface area (Å²) in [7, 11) is 1.70.